The maximum Gasteiger partial charge on any atom is 0.199 e. The van der Waals surface area contributed by atoms with Crippen LogP contribution in [0.15, 0.2) is 72.3 Å². The van der Waals surface area contributed by atoms with Gasteiger partial charge in [-0.05, 0) is 75.2 Å². The predicted octanol–water partition coefficient (Wildman–Crippen LogP) is 5.84. The second-order valence-corrected chi connectivity index (χ2v) is 9.91. The Labute approximate surface area is 203 Å². The molecular formula is C30H32N4. The summed E-state index contributed by atoms with van der Waals surface area (Å²) < 4.78 is 2.08. The molecule has 0 N–H and O–H groups in total. The molecule has 4 nitrogen and oxygen atoms in total. The summed E-state index contributed by atoms with van der Waals surface area (Å²) in [7, 11) is 8.11. The van der Waals surface area contributed by atoms with E-state index < -0.39 is 0 Å². The summed E-state index contributed by atoms with van der Waals surface area (Å²) in [6.07, 6.45) is 8.49. The molecule has 0 atom stereocenters. The highest BCUT2D eigenvalue weighted by molar-refractivity contribution is 6.04. The normalized spacial score (nSPS) is 12.8. The molecule has 0 amide bonds. The Morgan fingerprint density at radius 2 is 1.47 bits per heavy atom. The first kappa shape index (κ1) is 24.7. The van der Waals surface area contributed by atoms with Crippen LogP contribution in [-0.4, -0.2) is 44.3 Å². The fourth-order valence-corrected chi connectivity index (χ4v) is 3.86. The van der Waals surface area contributed by atoms with Crippen molar-refractivity contribution in [3.63, 3.8) is 0 Å². The lowest BCUT2D eigenvalue weighted by molar-refractivity contribution is -0.462. The molecule has 4 heteroatoms. The van der Waals surface area contributed by atoms with Crippen molar-refractivity contribution in [3.05, 3.63) is 100 Å². The Balaban J connectivity index is 2.35. The lowest BCUT2D eigenvalue weighted by Gasteiger charge is -2.23. The number of nitrogens with zero attached hydrogens (tertiary/aromatic N) is 4. The number of hydrogen-bond acceptors (Lipinski definition) is 2. The van der Waals surface area contributed by atoms with Gasteiger partial charge in [0.15, 0.2) is 5.71 Å². The molecule has 0 aromatic heterocycles. The standard InChI is InChI=1S/C30H32N4/c1-30(2,3)26-17-23(25(19-31)20-32)16-24(18-26)29(21-8-12-27(13-9-21)33(4)5)22-10-14-28(15-11-22)34(6)7/h8-18H,1-7H3. The van der Waals surface area contributed by atoms with Gasteiger partial charge >= 0.3 is 0 Å². The van der Waals surface area contributed by atoms with Crippen molar-refractivity contribution in [1.29, 1.82) is 5.26 Å². The zero-order valence-electron chi connectivity index (χ0n) is 21.1. The average molecular weight is 449 g/mol. The molecule has 34 heavy (non-hydrogen) atoms. The molecule has 0 spiro atoms. The Morgan fingerprint density at radius 3 is 1.94 bits per heavy atom. The van der Waals surface area contributed by atoms with E-state index in [9.17, 15) is 10.7 Å². The van der Waals surface area contributed by atoms with Crippen LogP contribution in [0.1, 0.15) is 43.0 Å². The van der Waals surface area contributed by atoms with Gasteiger partial charge < -0.3 is 10.3 Å². The first-order valence-electron chi connectivity index (χ1n) is 11.3. The Kier molecular flexibility index (Phi) is 7.20. The van der Waals surface area contributed by atoms with E-state index in [0.717, 1.165) is 39.2 Å². The number of anilines is 1. The van der Waals surface area contributed by atoms with Crippen molar-refractivity contribution in [2.45, 2.75) is 26.2 Å². The minimum Gasteiger partial charge on any atom is -0.762 e. The van der Waals surface area contributed by atoms with E-state index in [1.807, 2.05) is 40.3 Å². The van der Waals surface area contributed by atoms with Gasteiger partial charge in [0.1, 0.15) is 20.2 Å². The van der Waals surface area contributed by atoms with Gasteiger partial charge in [-0.15, -0.1) is 0 Å². The van der Waals surface area contributed by atoms with E-state index in [-0.39, 0.29) is 11.0 Å². The number of nitriles is 1. The van der Waals surface area contributed by atoms with Crippen LogP contribution in [0.2, 0.25) is 0 Å². The minimum absolute atomic E-state index is 0.123. The van der Waals surface area contributed by atoms with Gasteiger partial charge in [-0.3, -0.25) is 0 Å². The number of benzene rings is 2. The molecule has 0 saturated carbocycles. The van der Waals surface area contributed by atoms with Crippen LogP contribution < -0.4 is 4.90 Å². The van der Waals surface area contributed by atoms with Crippen LogP contribution in [0.25, 0.3) is 16.6 Å². The summed E-state index contributed by atoms with van der Waals surface area (Å²) in [5.74, 6) is 2.07. The van der Waals surface area contributed by atoms with Crippen LogP contribution >= 0.6 is 0 Å². The summed E-state index contributed by atoms with van der Waals surface area (Å²) in [6, 6.07) is 16.7. The van der Waals surface area contributed by atoms with Gasteiger partial charge in [-0.25, -0.2) is 10.4 Å². The van der Waals surface area contributed by atoms with Crippen molar-refractivity contribution in [1.82, 2.24) is 0 Å². The third kappa shape index (κ3) is 5.34. The largest absolute Gasteiger partial charge is 0.762 e. The Bertz CT molecular complexity index is 1290. The van der Waals surface area contributed by atoms with Gasteiger partial charge in [0, 0.05) is 31.9 Å². The van der Waals surface area contributed by atoms with Gasteiger partial charge in [0.25, 0.3) is 0 Å². The Hall–Kier alpha value is -3.93. The second kappa shape index (κ2) is 9.91. The SMILES string of the molecule is CN(C)c1ccc(C(=C2C=CC(=[N+](C)C)C=C2)c2cc(C(=C=[N-])C#N)cc(C(C)(C)C)c2)cc1. The molecule has 0 saturated heterocycles. The first-order chi connectivity index (χ1) is 16.0. The van der Waals surface area contributed by atoms with Crippen molar-refractivity contribution in [3.8, 4) is 6.07 Å². The molecule has 2 aromatic carbocycles. The van der Waals surface area contributed by atoms with E-state index in [1.54, 1.807) is 0 Å². The van der Waals surface area contributed by atoms with Crippen LogP contribution in [-0.2, 0) is 5.41 Å². The summed E-state index contributed by atoms with van der Waals surface area (Å²) in [5, 5.41) is 19.2. The maximum atomic E-state index is 9.58. The minimum atomic E-state index is -0.143. The zero-order valence-corrected chi connectivity index (χ0v) is 21.1. The van der Waals surface area contributed by atoms with E-state index in [4.69, 9.17) is 0 Å². The van der Waals surface area contributed by atoms with Crippen molar-refractivity contribution < 1.29 is 4.58 Å². The smallest absolute Gasteiger partial charge is 0.199 e. The topological polar surface area (TPSA) is 52.3 Å². The summed E-state index contributed by atoms with van der Waals surface area (Å²) in [6.45, 7) is 6.43. The van der Waals surface area contributed by atoms with Crippen LogP contribution in [0.5, 0.6) is 0 Å². The lowest BCUT2D eigenvalue weighted by Crippen LogP contribution is -2.13. The van der Waals surface area contributed by atoms with Gasteiger partial charge in [0.05, 0.1) is 5.57 Å². The molecule has 1 aliphatic carbocycles. The van der Waals surface area contributed by atoms with Crippen molar-refractivity contribution >= 4 is 28.4 Å². The lowest BCUT2D eigenvalue weighted by atomic mass is 9.81. The van der Waals surface area contributed by atoms with Crippen LogP contribution in [0, 0.1) is 11.3 Å². The molecule has 0 unspecified atom stereocenters. The number of hydrogen-bond donors (Lipinski definition) is 0. The molecule has 2 aromatic rings. The molecule has 0 aliphatic heterocycles. The third-order valence-electron chi connectivity index (χ3n) is 5.94. The van der Waals surface area contributed by atoms with E-state index in [2.05, 4.69) is 96.8 Å². The fraction of sp³-hybridized carbons (Fsp3) is 0.267. The van der Waals surface area contributed by atoms with Crippen molar-refractivity contribution in [2.75, 3.05) is 33.1 Å². The summed E-state index contributed by atoms with van der Waals surface area (Å²) >= 11 is 0. The molecule has 3 rings (SSSR count). The molecule has 0 heterocycles. The van der Waals surface area contributed by atoms with Gasteiger partial charge in [-0.1, -0.05) is 39.0 Å². The molecule has 172 valence electrons. The van der Waals surface area contributed by atoms with E-state index >= 15 is 0 Å². The van der Waals surface area contributed by atoms with E-state index in [1.165, 1.54) is 0 Å². The highest BCUT2D eigenvalue weighted by Gasteiger charge is 2.20. The molecule has 0 fully saturated rings. The number of allylic oxidation sites excluding steroid dienone is 6. The van der Waals surface area contributed by atoms with Crippen LogP contribution in [0.3, 0.4) is 0 Å². The monoisotopic (exact) mass is 448 g/mol. The highest BCUT2D eigenvalue weighted by Crippen LogP contribution is 2.35. The summed E-state index contributed by atoms with van der Waals surface area (Å²) in [5.41, 5.74) is 8.17. The molecular weight excluding hydrogens is 416 g/mol. The third-order valence-corrected chi connectivity index (χ3v) is 5.94. The van der Waals surface area contributed by atoms with E-state index in [0.29, 0.717) is 5.56 Å². The predicted molar refractivity (Wildman–Crippen MR) is 145 cm³/mol. The highest BCUT2D eigenvalue weighted by atomic mass is 15.1. The Morgan fingerprint density at radius 1 is 0.882 bits per heavy atom. The first-order valence-corrected chi connectivity index (χ1v) is 11.3. The zero-order chi connectivity index (χ0) is 25.0. The average Bonchev–Trinajstić information content (AvgIpc) is 2.80. The quantitative estimate of drug-likeness (QED) is 0.335. The number of rotatable bonds is 4. The van der Waals surface area contributed by atoms with Crippen LogP contribution in [0.4, 0.5) is 5.69 Å². The second-order valence-electron chi connectivity index (χ2n) is 9.91. The fourth-order valence-electron chi connectivity index (χ4n) is 3.86. The molecule has 1 aliphatic rings. The van der Waals surface area contributed by atoms with Gasteiger partial charge in [0.2, 0.25) is 0 Å². The summed E-state index contributed by atoms with van der Waals surface area (Å²) in [4.78, 5) is 2.08. The van der Waals surface area contributed by atoms with Gasteiger partial charge in [-0.2, -0.15) is 5.26 Å². The maximum absolute atomic E-state index is 9.58. The van der Waals surface area contributed by atoms with Crippen molar-refractivity contribution in [2.24, 2.45) is 0 Å². The molecule has 0 bridgehead atoms. The molecule has 0 radical (unpaired) electrons.